The van der Waals surface area contributed by atoms with E-state index in [9.17, 15) is 18.0 Å². The molecule has 0 saturated carbocycles. The van der Waals surface area contributed by atoms with Crippen LogP contribution in [0.1, 0.15) is 56.4 Å². The van der Waals surface area contributed by atoms with Gasteiger partial charge in [-0.1, -0.05) is 66.0 Å². The van der Waals surface area contributed by atoms with Crippen LogP contribution < -0.4 is 9.62 Å². The number of benzene rings is 3. The second-order valence-corrected chi connectivity index (χ2v) is 14.2. The topological polar surface area (TPSA) is 86.8 Å². The number of nitrogens with one attached hydrogen (secondary N) is 1. The van der Waals surface area contributed by atoms with E-state index in [0.29, 0.717) is 26.9 Å². The minimum absolute atomic E-state index is 0.0556. The molecule has 7 nitrogen and oxygen atoms in total. The highest BCUT2D eigenvalue weighted by Crippen LogP contribution is 2.30. The summed E-state index contributed by atoms with van der Waals surface area (Å²) in [6.45, 7) is 12.3. The van der Waals surface area contributed by atoms with Gasteiger partial charge in [-0.2, -0.15) is 0 Å². The first-order valence-corrected chi connectivity index (χ1v) is 16.0. The SMILES string of the molecule is CC[C@H](C(=O)NC(C)(C)C)N(Cc1c(Cl)cccc1Cl)C(=O)CN(c1cc(C)ccc1C)S(=O)(=O)c1ccc(C)cc1. The van der Waals surface area contributed by atoms with Crippen molar-refractivity contribution in [1.82, 2.24) is 10.2 Å². The number of anilines is 1. The van der Waals surface area contributed by atoms with Crippen LogP contribution in [0.4, 0.5) is 5.69 Å². The third-order valence-electron chi connectivity index (χ3n) is 6.80. The normalized spacial score (nSPS) is 12.5. The van der Waals surface area contributed by atoms with Gasteiger partial charge in [0, 0.05) is 27.7 Å². The third-order valence-corrected chi connectivity index (χ3v) is 9.28. The summed E-state index contributed by atoms with van der Waals surface area (Å²) in [5.74, 6) is -0.931. The van der Waals surface area contributed by atoms with Crippen LogP contribution in [0.25, 0.3) is 0 Å². The Hall–Kier alpha value is -3.07. The minimum atomic E-state index is -4.18. The molecule has 0 fully saturated rings. The Morgan fingerprint density at radius 3 is 2.02 bits per heavy atom. The fourth-order valence-corrected chi connectivity index (χ4v) is 6.55. The molecule has 0 spiro atoms. The number of nitrogens with zero attached hydrogens (tertiary/aromatic N) is 2. The molecule has 226 valence electrons. The third kappa shape index (κ3) is 8.06. The van der Waals surface area contributed by atoms with Crippen LogP contribution in [-0.2, 0) is 26.2 Å². The van der Waals surface area contributed by atoms with Crippen LogP contribution >= 0.6 is 23.2 Å². The molecule has 2 amide bonds. The minimum Gasteiger partial charge on any atom is -0.350 e. The number of hydrogen-bond acceptors (Lipinski definition) is 4. The Balaban J connectivity index is 2.16. The maximum atomic E-state index is 14.3. The van der Waals surface area contributed by atoms with Gasteiger partial charge in [-0.15, -0.1) is 0 Å². The van der Waals surface area contributed by atoms with Crippen LogP contribution in [0.3, 0.4) is 0 Å². The molecule has 0 bridgehead atoms. The Labute approximate surface area is 259 Å². The molecule has 0 aromatic heterocycles. The lowest BCUT2D eigenvalue weighted by molar-refractivity contribution is -0.141. The lowest BCUT2D eigenvalue weighted by Gasteiger charge is -2.35. The first-order chi connectivity index (χ1) is 19.5. The van der Waals surface area contributed by atoms with Crippen molar-refractivity contribution in [3.05, 3.63) is 93.0 Å². The molecule has 10 heteroatoms. The van der Waals surface area contributed by atoms with E-state index in [1.165, 1.54) is 17.0 Å². The average Bonchev–Trinajstić information content (AvgIpc) is 2.89. The molecule has 0 aliphatic carbocycles. The molecule has 3 aromatic carbocycles. The molecular formula is C32H39Cl2N3O4S. The summed E-state index contributed by atoms with van der Waals surface area (Å²) in [4.78, 5) is 29.2. The van der Waals surface area contributed by atoms with E-state index in [-0.39, 0.29) is 23.8 Å². The second kappa shape index (κ2) is 13.5. The van der Waals surface area contributed by atoms with Crippen LogP contribution in [0.5, 0.6) is 0 Å². The number of hydrogen-bond donors (Lipinski definition) is 1. The van der Waals surface area contributed by atoms with Gasteiger partial charge in [-0.3, -0.25) is 13.9 Å². The van der Waals surface area contributed by atoms with Gasteiger partial charge in [-0.05, 0) is 89.4 Å². The van der Waals surface area contributed by atoms with Crippen molar-refractivity contribution in [1.29, 1.82) is 0 Å². The molecule has 0 aliphatic rings. The smallest absolute Gasteiger partial charge is 0.264 e. The van der Waals surface area contributed by atoms with E-state index in [0.717, 1.165) is 15.4 Å². The van der Waals surface area contributed by atoms with Crippen LogP contribution in [0.15, 0.2) is 65.6 Å². The quantitative estimate of drug-likeness (QED) is 0.265. The van der Waals surface area contributed by atoms with Gasteiger partial charge >= 0.3 is 0 Å². The first kappa shape index (κ1) is 33.4. The molecule has 1 N–H and O–H groups in total. The molecule has 3 rings (SSSR count). The summed E-state index contributed by atoms with van der Waals surface area (Å²) in [6.07, 6.45) is 0.282. The van der Waals surface area contributed by atoms with Gasteiger partial charge in [-0.25, -0.2) is 8.42 Å². The van der Waals surface area contributed by atoms with E-state index >= 15 is 0 Å². The number of carbonyl (C=O) groups is 2. The standard InChI is InChI=1S/C32H39Cl2N3O4S/c1-8-28(31(39)35-32(5,6)7)36(19-25-26(33)10-9-11-27(25)34)30(38)20-37(29-18-22(3)12-15-23(29)4)42(40,41)24-16-13-21(2)14-17-24/h9-18,28H,8,19-20H2,1-7H3,(H,35,39)/t28-/m1/s1. The largest absolute Gasteiger partial charge is 0.350 e. The van der Waals surface area contributed by atoms with Crippen LogP contribution in [0, 0.1) is 20.8 Å². The fraction of sp³-hybridized carbons (Fsp3) is 0.375. The van der Waals surface area contributed by atoms with Crippen LogP contribution in [-0.4, -0.2) is 43.3 Å². The predicted molar refractivity (Wildman–Crippen MR) is 171 cm³/mol. The molecule has 0 radical (unpaired) electrons. The number of rotatable bonds is 10. The van der Waals surface area contributed by atoms with Crippen molar-refractivity contribution in [2.24, 2.45) is 0 Å². The maximum absolute atomic E-state index is 14.3. The van der Waals surface area contributed by atoms with Crippen molar-refractivity contribution in [3.8, 4) is 0 Å². The van der Waals surface area contributed by atoms with Gasteiger partial charge in [0.05, 0.1) is 10.6 Å². The summed E-state index contributed by atoms with van der Waals surface area (Å²) in [5.41, 5.74) is 2.72. The van der Waals surface area contributed by atoms with E-state index in [1.807, 2.05) is 46.8 Å². The number of carbonyl (C=O) groups excluding carboxylic acids is 2. The number of sulfonamides is 1. The van der Waals surface area contributed by atoms with E-state index < -0.39 is 34.1 Å². The van der Waals surface area contributed by atoms with E-state index in [2.05, 4.69) is 5.32 Å². The van der Waals surface area contributed by atoms with Gasteiger partial charge in [0.15, 0.2) is 0 Å². The highest BCUT2D eigenvalue weighted by atomic mass is 35.5. The van der Waals surface area contributed by atoms with Gasteiger partial charge in [0.2, 0.25) is 11.8 Å². The van der Waals surface area contributed by atoms with Crippen molar-refractivity contribution < 1.29 is 18.0 Å². The first-order valence-electron chi connectivity index (χ1n) is 13.8. The Bertz CT molecular complexity index is 1530. The fourth-order valence-electron chi connectivity index (χ4n) is 4.57. The zero-order chi connectivity index (χ0) is 31.4. The van der Waals surface area contributed by atoms with Crippen molar-refractivity contribution in [2.75, 3.05) is 10.8 Å². The van der Waals surface area contributed by atoms with Gasteiger partial charge < -0.3 is 10.2 Å². The number of halogens is 2. The van der Waals surface area contributed by atoms with Crippen molar-refractivity contribution >= 4 is 50.7 Å². The van der Waals surface area contributed by atoms with Crippen LogP contribution in [0.2, 0.25) is 10.0 Å². The number of aryl methyl sites for hydroxylation is 3. The summed E-state index contributed by atoms with van der Waals surface area (Å²) < 4.78 is 29.4. The molecule has 0 saturated heterocycles. The zero-order valence-corrected chi connectivity index (χ0v) is 27.5. The van der Waals surface area contributed by atoms with Gasteiger partial charge in [0.25, 0.3) is 10.0 Å². The molecule has 0 aliphatic heterocycles. The highest BCUT2D eigenvalue weighted by molar-refractivity contribution is 7.92. The van der Waals surface area contributed by atoms with E-state index in [1.54, 1.807) is 50.2 Å². The lowest BCUT2D eigenvalue weighted by Crippen LogP contribution is -2.55. The Kier molecular flexibility index (Phi) is 10.7. The number of amides is 2. The Morgan fingerprint density at radius 2 is 1.48 bits per heavy atom. The average molecular weight is 633 g/mol. The lowest BCUT2D eigenvalue weighted by atomic mass is 10.1. The maximum Gasteiger partial charge on any atom is 0.264 e. The molecule has 1 atom stereocenters. The summed E-state index contributed by atoms with van der Waals surface area (Å²) >= 11 is 13.0. The molecular weight excluding hydrogens is 593 g/mol. The second-order valence-electron chi connectivity index (χ2n) is 11.5. The molecule has 0 heterocycles. The zero-order valence-electron chi connectivity index (χ0n) is 25.2. The van der Waals surface area contributed by atoms with Gasteiger partial charge in [0.1, 0.15) is 12.6 Å². The molecule has 0 unspecified atom stereocenters. The monoisotopic (exact) mass is 631 g/mol. The summed E-state index contributed by atoms with van der Waals surface area (Å²) in [7, 11) is -4.18. The molecule has 42 heavy (non-hydrogen) atoms. The molecule has 3 aromatic rings. The predicted octanol–water partition coefficient (Wildman–Crippen LogP) is 6.84. The summed E-state index contributed by atoms with van der Waals surface area (Å²) in [6, 6.07) is 16.0. The Morgan fingerprint density at radius 1 is 0.905 bits per heavy atom. The summed E-state index contributed by atoms with van der Waals surface area (Å²) in [5, 5.41) is 3.63. The van der Waals surface area contributed by atoms with Crippen molar-refractivity contribution in [2.45, 2.75) is 77.9 Å². The van der Waals surface area contributed by atoms with Crippen molar-refractivity contribution in [3.63, 3.8) is 0 Å². The van der Waals surface area contributed by atoms with E-state index in [4.69, 9.17) is 23.2 Å². The highest BCUT2D eigenvalue weighted by Gasteiger charge is 2.35.